The van der Waals surface area contributed by atoms with Crippen LogP contribution in [-0.4, -0.2) is 22.4 Å². The van der Waals surface area contributed by atoms with Gasteiger partial charge < -0.3 is 5.32 Å². The summed E-state index contributed by atoms with van der Waals surface area (Å²) in [6, 6.07) is 2.68. The molecule has 0 spiro atoms. The second kappa shape index (κ2) is 6.37. The van der Waals surface area contributed by atoms with E-state index in [0.29, 0.717) is 6.04 Å². The third-order valence-electron chi connectivity index (χ3n) is 4.33. The molecule has 1 saturated carbocycles. The Balaban J connectivity index is 1.81. The van der Waals surface area contributed by atoms with Gasteiger partial charge in [-0.05, 0) is 36.7 Å². The molecule has 0 aromatic carbocycles. The first kappa shape index (κ1) is 13.6. The van der Waals surface area contributed by atoms with Crippen LogP contribution in [0.2, 0.25) is 0 Å². The van der Waals surface area contributed by atoms with E-state index >= 15 is 0 Å². The first-order valence-corrected chi connectivity index (χ1v) is 7.37. The summed E-state index contributed by atoms with van der Waals surface area (Å²) >= 11 is 0. The van der Waals surface area contributed by atoms with E-state index in [2.05, 4.69) is 31.2 Å². The van der Waals surface area contributed by atoms with Crippen LogP contribution in [-0.2, 0) is 6.54 Å². The second-order valence-corrected chi connectivity index (χ2v) is 6.16. The first-order chi connectivity index (χ1) is 8.66. The van der Waals surface area contributed by atoms with Crippen LogP contribution in [0.1, 0.15) is 40.0 Å². The molecule has 1 aliphatic rings. The van der Waals surface area contributed by atoms with E-state index in [1.54, 1.807) is 0 Å². The molecule has 3 unspecified atom stereocenters. The summed E-state index contributed by atoms with van der Waals surface area (Å²) in [6.45, 7) is 9.12. The lowest BCUT2D eigenvalue weighted by Gasteiger charge is -2.38. The molecule has 1 fully saturated rings. The van der Waals surface area contributed by atoms with Crippen LogP contribution in [0.5, 0.6) is 0 Å². The second-order valence-electron chi connectivity index (χ2n) is 6.16. The highest BCUT2D eigenvalue weighted by Gasteiger charge is 2.29. The van der Waals surface area contributed by atoms with Crippen molar-refractivity contribution >= 4 is 0 Å². The van der Waals surface area contributed by atoms with Crippen LogP contribution < -0.4 is 5.32 Å². The topological polar surface area (TPSA) is 29.9 Å². The van der Waals surface area contributed by atoms with Crippen molar-refractivity contribution in [2.75, 3.05) is 6.54 Å². The maximum Gasteiger partial charge on any atom is 0.0534 e. The van der Waals surface area contributed by atoms with Gasteiger partial charge in [0, 0.05) is 25.0 Å². The average Bonchev–Trinajstić information content (AvgIpc) is 2.82. The quantitative estimate of drug-likeness (QED) is 0.869. The summed E-state index contributed by atoms with van der Waals surface area (Å²) < 4.78 is 2.00. The standard InChI is InChI=1S/C15H27N3/c1-12(2)14-6-5-13(3)11-15(14)16-8-10-18-9-4-7-17-18/h4,7,9,12-16H,5-6,8,10-11H2,1-3H3. The number of aromatic nitrogens is 2. The minimum Gasteiger partial charge on any atom is -0.312 e. The summed E-state index contributed by atoms with van der Waals surface area (Å²) in [5.74, 6) is 2.51. The Hall–Kier alpha value is -0.830. The zero-order valence-electron chi connectivity index (χ0n) is 12.0. The molecular weight excluding hydrogens is 222 g/mol. The molecule has 102 valence electrons. The molecule has 3 atom stereocenters. The van der Waals surface area contributed by atoms with Gasteiger partial charge in [0.25, 0.3) is 0 Å². The molecule has 3 nitrogen and oxygen atoms in total. The van der Waals surface area contributed by atoms with Crippen molar-refractivity contribution in [3.63, 3.8) is 0 Å². The van der Waals surface area contributed by atoms with Gasteiger partial charge in [0.1, 0.15) is 0 Å². The molecule has 1 aromatic heterocycles. The van der Waals surface area contributed by atoms with Gasteiger partial charge >= 0.3 is 0 Å². The van der Waals surface area contributed by atoms with Crippen molar-refractivity contribution in [3.8, 4) is 0 Å². The molecule has 1 aromatic rings. The summed E-state index contributed by atoms with van der Waals surface area (Å²) in [5.41, 5.74) is 0. The van der Waals surface area contributed by atoms with Crippen LogP contribution in [0.15, 0.2) is 18.5 Å². The predicted octanol–water partition coefficient (Wildman–Crippen LogP) is 2.93. The highest BCUT2D eigenvalue weighted by molar-refractivity contribution is 4.85. The molecular formula is C15H27N3. The van der Waals surface area contributed by atoms with Crippen molar-refractivity contribution in [3.05, 3.63) is 18.5 Å². The Labute approximate surface area is 111 Å². The zero-order chi connectivity index (χ0) is 13.0. The maximum absolute atomic E-state index is 4.24. The number of rotatable bonds is 5. The number of nitrogens with zero attached hydrogens (tertiary/aromatic N) is 2. The van der Waals surface area contributed by atoms with E-state index in [-0.39, 0.29) is 0 Å². The Bertz CT molecular complexity index is 332. The zero-order valence-corrected chi connectivity index (χ0v) is 12.0. The maximum atomic E-state index is 4.24. The molecule has 0 saturated heterocycles. The predicted molar refractivity (Wildman–Crippen MR) is 75.4 cm³/mol. The molecule has 1 aliphatic carbocycles. The van der Waals surface area contributed by atoms with E-state index < -0.39 is 0 Å². The van der Waals surface area contributed by atoms with Crippen molar-refractivity contribution in [2.45, 2.75) is 52.6 Å². The van der Waals surface area contributed by atoms with E-state index in [4.69, 9.17) is 0 Å². The lowest BCUT2D eigenvalue weighted by atomic mass is 9.74. The van der Waals surface area contributed by atoms with Crippen LogP contribution >= 0.6 is 0 Å². The third kappa shape index (κ3) is 3.58. The average molecular weight is 249 g/mol. The highest BCUT2D eigenvalue weighted by Crippen LogP contribution is 2.33. The lowest BCUT2D eigenvalue weighted by molar-refractivity contribution is 0.169. The van der Waals surface area contributed by atoms with Gasteiger partial charge in [-0.15, -0.1) is 0 Å². The van der Waals surface area contributed by atoms with Gasteiger partial charge in [0.2, 0.25) is 0 Å². The first-order valence-electron chi connectivity index (χ1n) is 7.37. The van der Waals surface area contributed by atoms with Gasteiger partial charge in [0.15, 0.2) is 0 Å². The SMILES string of the molecule is CC1CCC(C(C)C)C(NCCn2cccn2)C1. The Morgan fingerprint density at radius 1 is 1.39 bits per heavy atom. The molecule has 0 radical (unpaired) electrons. The lowest BCUT2D eigenvalue weighted by Crippen LogP contribution is -2.43. The molecule has 3 heteroatoms. The summed E-state index contributed by atoms with van der Waals surface area (Å²) in [6.07, 6.45) is 8.01. The van der Waals surface area contributed by atoms with Crippen molar-refractivity contribution in [1.29, 1.82) is 0 Å². The van der Waals surface area contributed by atoms with Crippen molar-refractivity contribution in [2.24, 2.45) is 17.8 Å². The van der Waals surface area contributed by atoms with E-state index in [9.17, 15) is 0 Å². The summed E-state index contributed by atoms with van der Waals surface area (Å²) in [5, 5.41) is 8.01. The molecule has 1 heterocycles. The van der Waals surface area contributed by atoms with Gasteiger partial charge in [-0.2, -0.15) is 5.10 Å². The van der Waals surface area contributed by atoms with Gasteiger partial charge in [-0.1, -0.05) is 27.2 Å². The van der Waals surface area contributed by atoms with Crippen LogP contribution in [0.25, 0.3) is 0 Å². The van der Waals surface area contributed by atoms with Crippen molar-refractivity contribution < 1.29 is 0 Å². The van der Waals surface area contributed by atoms with Gasteiger partial charge in [0.05, 0.1) is 6.54 Å². The molecule has 0 bridgehead atoms. The summed E-state index contributed by atoms with van der Waals surface area (Å²) in [4.78, 5) is 0. The molecule has 1 N–H and O–H groups in total. The van der Waals surface area contributed by atoms with E-state index in [1.807, 2.05) is 23.1 Å². The molecule has 0 aliphatic heterocycles. The van der Waals surface area contributed by atoms with Crippen LogP contribution in [0.3, 0.4) is 0 Å². The molecule has 2 rings (SSSR count). The largest absolute Gasteiger partial charge is 0.312 e. The van der Waals surface area contributed by atoms with Crippen LogP contribution in [0.4, 0.5) is 0 Å². The Kier molecular flexibility index (Phi) is 4.81. The normalized spacial score (nSPS) is 28.8. The van der Waals surface area contributed by atoms with Crippen LogP contribution in [0, 0.1) is 17.8 Å². The van der Waals surface area contributed by atoms with E-state index in [1.165, 1.54) is 19.3 Å². The van der Waals surface area contributed by atoms with Crippen molar-refractivity contribution in [1.82, 2.24) is 15.1 Å². The van der Waals surface area contributed by atoms with Gasteiger partial charge in [-0.25, -0.2) is 0 Å². The smallest absolute Gasteiger partial charge is 0.0534 e. The number of hydrogen-bond donors (Lipinski definition) is 1. The number of hydrogen-bond acceptors (Lipinski definition) is 2. The monoisotopic (exact) mass is 249 g/mol. The fraction of sp³-hybridized carbons (Fsp3) is 0.800. The Morgan fingerprint density at radius 3 is 2.89 bits per heavy atom. The van der Waals surface area contributed by atoms with E-state index in [0.717, 1.165) is 30.8 Å². The molecule has 18 heavy (non-hydrogen) atoms. The molecule has 0 amide bonds. The fourth-order valence-corrected chi connectivity index (χ4v) is 3.23. The highest BCUT2D eigenvalue weighted by atomic mass is 15.3. The van der Waals surface area contributed by atoms with Gasteiger partial charge in [-0.3, -0.25) is 4.68 Å². The Morgan fingerprint density at radius 2 is 2.22 bits per heavy atom. The third-order valence-corrected chi connectivity index (χ3v) is 4.33. The minimum absolute atomic E-state index is 0.698. The fourth-order valence-electron chi connectivity index (χ4n) is 3.23. The number of nitrogens with one attached hydrogen (secondary N) is 1. The summed E-state index contributed by atoms with van der Waals surface area (Å²) in [7, 11) is 0. The minimum atomic E-state index is 0.698.